The van der Waals surface area contributed by atoms with Crippen LogP contribution >= 0.6 is 0 Å². The fraction of sp³-hybridized carbons (Fsp3) is 0.680. The molecule has 31 heavy (non-hydrogen) atoms. The normalized spacial score (nSPS) is 15.3. The first kappa shape index (κ1) is 25.2. The summed E-state index contributed by atoms with van der Waals surface area (Å²) >= 11 is 0. The Balaban J connectivity index is 2.08. The number of carbonyl (C=O) groups is 2. The van der Waals surface area contributed by atoms with Gasteiger partial charge in [-0.2, -0.15) is 0 Å². The third-order valence-electron chi connectivity index (χ3n) is 5.53. The molecule has 0 spiro atoms. The zero-order chi connectivity index (χ0) is 23.0. The Bertz CT molecular complexity index is 734. The predicted octanol–water partition coefficient (Wildman–Crippen LogP) is 4.37. The lowest BCUT2D eigenvalue weighted by atomic mass is 9.84. The smallest absolute Gasteiger partial charge is 0.253 e. The second-order valence-electron chi connectivity index (χ2n) is 10.5. The van der Waals surface area contributed by atoms with Gasteiger partial charge in [0, 0.05) is 37.4 Å². The minimum Gasteiger partial charge on any atom is -0.371 e. The number of rotatable bonds is 10. The van der Waals surface area contributed by atoms with Crippen LogP contribution in [0, 0.1) is 11.3 Å². The topological polar surface area (TPSA) is 64.7 Å². The Labute approximate surface area is 188 Å². The highest BCUT2D eigenvalue weighted by Crippen LogP contribution is 2.29. The number of amides is 2. The highest BCUT2D eigenvalue weighted by atomic mass is 16.2. The van der Waals surface area contributed by atoms with E-state index in [1.165, 1.54) is 0 Å². The van der Waals surface area contributed by atoms with Crippen molar-refractivity contribution in [3.63, 3.8) is 0 Å². The lowest BCUT2D eigenvalue weighted by Crippen LogP contribution is -2.30. The van der Waals surface area contributed by atoms with E-state index in [-0.39, 0.29) is 17.2 Å². The Morgan fingerprint density at radius 1 is 1.16 bits per heavy atom. The summed E-state index contributed by atoms with van der Waals surface area (Å²) in [5.74, 6) is 0.240. The monoisotopic (exact) mass is 430 g/mol. The lowest BCUT2D eigenvalue weighted by molar-refractivity contribution is -0.117. The summed E-state index contributed by atoms with van der Waals surface area (Å²) in [6.45, 7) is 12.2. The van der Waals surface area contributed by atoms with Crippen LogP contribution in [0.3, 0.4) is 0 Å². The van der Waals surface area contributed by atoms with Crippen molar-refractivity contribution in [2.24, 2.45) is 11.3 Å². The number of nitrogens with zero attached hydrogens (tertiary/aromatic N) is 2. The Morgan fingerprint density at radius 3 is 2.45 bits per heavy atom. The van der Waals surface area contributed by atoms with Crippen molar-refractivity contribution in [2.75, 3.05) is 50.5 Å². The highest BCUT2D eigenvalue weighted by Gasteiger charge is 2.21. The van der Waals surface area contributed by atoms with Crippen LogP contribution in [0.2, 0.25) is 0 Å². The molecule has 1 aromatic carbocycles. The van der Waals surface area contributed by atoms with Crippen LogP contribution in [0.15, 0.2) is 18.2 Å². The van der Waals surface area contributed by atoms with Crippen LogP contribution in [0.1, 0.15) is 70.2 Å². The van der Waals surface area contributed by atoms with Crippen LogP contribution in [-0.2, 0) is 4.79 Å². The first-order valence-corrected chi connectivity index (χ1v) is 11.7. The molecule has 2 rings (SSSR count). The van der Waals surface area contributed by atoms with E-state index in [2.05, 4.69) is 48.1 Å². The van der Waals surface area contributed by atoms with Gasteiger partial charge in [0.15, 0.2) is 0 Å². The number of hydrogen-bond acceptors (Lipinski definition) is 4. The quantitative estimate of drug-likeness (QED) is 0.541. The average molecular weight is 431 g/mol. The van der Waals surface area contributed by atoms with Crippen LogP contribution in [0.25, 0.3) is 0 Å². The van der Waals surface area contributed by atoms with Gasteiger partial charge in [-0.15, -0.1) is 0 Å². The van der Waals surface area contributed by atoms with Crippen molar-refractivity contribution in [2.45, 2.75) is 59.8 Å². The molecule has 174 valence electrons. The van der Waals surface area contributed by atoms with E-state index in [0.29, 0.717) is 30.1 Å². The van der Waals surface area contributed by atoms with Gasteiger partial charge in [0.1, 0.15) is 0 Å². The van der Waals surface area contributed by atoms with Gasteiger partial charge >= 0.3 is 0 Å². The second-order valence-corrected chi connectivity index (χ2v) is 10.5. The van der Waals surface area contributed by atoms with Gasteiger partial charge in [-0.3, -0.25) is 9.59 Å². The second kappa shape index (κ2) is 11.5. The van der Waals surface area contributed by atoms with Crippen LogP contribution < -0.4 is 15.5 Å². The molecule has 1 atom stereocenters. The molecule has 1 aliphatic heterocycles. The zero-order valence-electron chi connectivity index (χ0n) is 20.4. The molecule has 2 N–H and O–H groups in total. The van der Waals surface area contributed by atoms with Crippen molar-refractivity contribution < 1.29 is 9.59 Å². The largest absolute Gasteiger partial charge is 0.371 e. The van der Waals surface area contributed by atoms with Gasteiger partial charge < -0.3 is 20.4 Å². The van der Waals surface area contributed by atoms with E-state index in [1.807, 2.05) is 32.3 Å². The first-order valence-electron chi connectivity index (χ1n) is 11.7. The van der Waals surface area contributed by atoms with E-state index in [1.54, 1.807) is 0 Å². The number of hydrogen-bond donors (Lipinski definition) is 2. The molecule has 1 aliphatic rings. The molecule has 0 bridgehead atoms. The molecule has 0 radical (unpaired) electrons. The maximum atomic E-state index is 13.0. The number of nitrogens with one attached hydrogen (secondary N) is 2. The third-order valence-corrected chi connectivity index (χ3v) is 5.53. The third kappa shape index (κ3) is 8.90. The van der Waals surface area contributed by atoms with E-state index in [4.69, 9.17) is 0 Å². The molecule has 0 aromatic heterocycles. The van der Waals surface area contributed by atoms with Gasteiger partial charge in [-0.25, -0.2) is 0 Å². The molecule has 0 saturated carbocycles. The van der Waals surface area contributed by atoms with Gasteiger partial charge in [-0.1, -0.05) is 27.7 Å². The molecular weight excluding hydrogens is 388 g/mol. The number of anilines is 2. The van der Waals surface area contributed by atoms with E-state index < -0.39 is 0 Å². The molecule has 6 heteroatoms. The Morgan fingerprint density at radius 2 is 1.84 bits per heavy atom. The summed E-state index contributed by atoms with van der Waals surface area (Å²) in [6.07, 6.45) is 4.67. The van der Waals surface area contributed by atoms with Gasteiger partial charge in [0.2, 0.25) is 5.91 Å². The van der Waals surface area contributed by atoms with E-state index in [0.717, 1.165) is 51.0 Å². The predicted molar refractivity (Wildman–Crippen MR) is 130 cm³/mol. The molecular formula is C25H42N4O2. The summed E-state index contributed by atoms with van der Waals surface area (Å²) in [4.78, 5) is 29.9. The maximum absolute atomic E-state index is 13.0. The summed E-state index contributed by atoms with van der Waals surface area (Å²) in [5.41, 5.74) is 2.50. The van der Waals surface area contributed by atoms with Crippen molar-refractivity contribution in [3.05, 3.63) is 23.8 Å². The fourth-order valence-electron chi connectivity index (χ4n) is 4.37. The summed E-state index contributed by atoms with van der Waals surface area (Å²) in [5, 5.41) is 6.06. The van der Waals surface area contributed by atoms with E-state index >= 15 is 0 Å². The molecule has 0 aliphatic carbocycles. The molecule has 0 unspecified atom stereocenters. The molecule has 1 fully saturated rings. The Kier molecular flexibility index (Phi) is 9.35. The van der Waals surface area contributed by atoms with Crippen molar-refractivity contribution in [1.29, 1.82) is 0 Å². The van der Waals surface area contributed by atoms with Gasteiger partial charge in [0.25, 0.3) is 5.91 Å². The van der Waals surface area contributed by atoms with Gasteiger partial charge in [0.05, 0.1) is 5.56 Å². The van der Waals surface area contributed by atoms with Crippen LogP contribution in [-0.4, -0.2) is 57.0 Å². The number of benzene rings is 1. The Hall–Kier alpha value is -2.08. The van der Waals surface area contributed by atoms with Gasteiger partial charge in [-0.05, 0) is 75.9 Å². The van der Waals surface area contributed by atoms with Crippen LogP contribution in [0.4, 0.5) is 11.4 Å². The minimum absolute atomic E-state index is 0.00279. The van der Waals surface area contributed by atoms with Crippen molar-refractivity contribution >= 4 is 23.2 Å². The number of carbonyl (C=O) groups excluding carboxylic acids is 2. The fourth-order valence-corrected chi connectivity index (χ4v) is 4.37. The lowest BCUT2D eigenvalue weighted by Gasteiger charge is -2.23. The molecule has 2 amide bonds. The standard InChI is InChI=1S/C25H42N4O2/c1-19(18-25(2,3)4)16-23(30)27-20-10-11-22(29-14-7-8-15-29)21(17-20)24(31)26-12-9-13-28(5)6/h10-11,17,19H,7-9,12-16,18H2,1-6H3,(H,26,31)(H,27,30)/t19-/m1/s1. The highest BCUT2D eigenvalue weighted by molar-refractivity contribution is 6.02. The summed E-state index contributed by atoms with van der Waals surface area (Å²) in [6, 6.07) is 5.73. The molecule has 6 nitrogen and oxygen atoms in total. The summed E-state index contributed by atoms with van der Waals surface area (Å²) in [7, 11) is 4.06. The molecule has 1 saturated heterocycles. The van der Waals surface area contributed by atoms with Crippen molar-refractivity contribution in [1.82, 2.24) is 10.2 Å². The molecule has 1 aromatic rings. The summed E-state index contributed by atoms with van der Waals surface area (Å²) < 4.78 is 0. The average Bonchev–Trinajstić information content (AvgIpc) is 3.17. The zero-order valence-corrected chi connectivity index (χ0v) is 20.4. The van der Waals surface area contributed by atoms with Crippen molar-refractivity contribution in [3.8, 4) is 0 Å². The SMILES string of the molecule is C[C@H](CC(=O)Nc1ccc(N2CCCC2)c(C(=O)NCCCN(C)C)c1)CC(C)(C)C. The van der Waals surface area contributed by atoms with Crippen LogP contribution in [0.5, 0.6) is 0 Å². The maximum Gasteiger partial charge on any atom is 0.253 e. The molecule has 1 heterocycles. The van der Waals surface area contributed by atoms with E-state index in [9.17, 15) is 9.59 Å². The minimum atomic E-state index is -0.0714. The first-order chi connectivity index (χ1) is 14.5.